The van der Waals surface area contributed by atoms with Crippen LogP contribution in [0.1, 0.15) is 0 Å². The van der Waals surface area contributed by atoms with Gasteiger partial charge in [-0.2, -0.15) is 0 Å². The third-order valence-corrected chi connectivity index (χ3v) is 6.68. The molecule has 1 saturated heterocycles. The quantitative estimate of drug-likeness (QED) is 0.658. The molecule has 7 heteroatoms. The van der Waals surface area contributed by atoms with Crippen molar-refractivity contribution < 1.29 is 17.9 Å². The third-order valence-electron chi connectivity index (χ3n) is 4.94. The summed E-state index contributed by atoms with van der Waals surface area (Å²) >= 11 is 0. The molecule has 0 spiro atoms. The van der Waals surface area contributed by atoms with Crippen molar-refractivity contribution in [1.82, 2.24) is 9.88 Å². The van der Waals surface area contributed by atoms with Crippen molar-refractivity contribution in [3.05, 3.63) is 60.8 Å². The van der Waals surface area contributed by atoms with E-state index in [0.29, 0.717) is 24.5 Å². The normalized spacial score (nSPS) is 20.0. The molecule has 0 saturated carbocycles. The molecule has 0 radical (unpaired) electrons. The maximum atomic E-state index is 12.9. The van der Waals surface area contributed by atoms with Gasteiger partial charge in [-0.25, -0.2) is 8.42 Å². The first-order chi connectivity index (χ1) is 13.4. The van der Waals surface area contributed by atoms with Crippen LogP contribution in [-0.2, 0) is 14.6 Å². The average molecular weight is 398 g/mol. The molecule has 4 rings (SSSR count). The number of sulfone groups is 1. The number of rotatable bonds is 5. The highest BCUT2D eigenvalue weighted by molar-refractivity contribution is 7.91. The van der Waals surface area contributed by atoms with Crippen LogP contribution in [0, 0.1) is 0 Å². The molecule has 0 bridgehead atoms. The Kier molecular flexibility index (Phi) is 5.05. The van der Waals surface area contributed by atoms with Crippen LogP contribution in [-0.4, -0.2) is 57.8 Å². The molecule has 1 aliphatic rings. The van der Waals surface area contributed by atoms with Gasteiger partial charge in [-0.05, 0) is 50.5 Å². The molecule has 2 unspecified atom stereocenters. The summed E-state index contributed by atoms with van der Waals surface area (Å²) in [7, 11) is 0.386. The van der Waals surface area contributed by atoms with E-state index in [1.165, 1.54) is 6.20 Å². The summed E-state index contributed by atoms with van der Waals surface area (Å²) in [6.45, 7) is 1.16. The Bertz CT molecular complexity index is 1080. The zero-order valence-electron chi connectivity index (χ0n) is 15.8. The molecule has 0 amide bonds. The summed E-state index contributed by atoms with van der Waals surface area (Å²) in [6, 6.07) is 15.7. The predicted molar refractivity (Wildman–Crippen MR) is 106 cm³/mol. The molecule has 1 aromatic heterocycles. The minimum absolute atomic E-state index is 0.0726. The van der Waals surface area contributed by atoms with E-state index in [1.807, 2.05) is 32.3 Å². The lowest BCUT2D eigenvalue weighted by molar-refractivity contribution is 0.127. The highest BCUT2D eigenvalue weighted by Gasteiger charge is 2.31. The molecule has 28 heavy (non-hydrogen) atoms. The maximum Gasteiger partial charge on any atom is 0.208 e. The molecule has 2 atom stereocenters. The van der Waals surface area contributed by atoms with E-state index in [4.69, 9.17) is 9.47 Å². The van der Waals surface area contributed by atoms with Gasteiger partial charge in [-0.3, -0.25) is 4.98 Å². The van der Waals surface area contributed by atoms with Crippen molar-refractivity contribution in [3.8, 4) is 5.75 Å². The molecule has 1 fully saturated rings. The summed E-state index contributed by atoms with van der Waals surface area (Å²) < 4.78 is 37.4. The van der Waals surface area contributed by atoms with Gasteiger partial charge < -0.3 is 14.4 Å². The van der Waals surface area contributed by atoms with E-state index in [9.17, 15) is 8.42 Å². The Hall–Kier alpha value is -2.48. The van der Waals surface area contributed by atoms with Crippen LogP contribution in [0.4, 0.5) is 0 Å². The van der Waals surface area contributed by atoms with Crippen LogP contribution >= 0.6 is 0 Å². The fourth-order valence-corrected chi connectivity index (χ4v) is 4.60. The number of hydrogen-bond donors (Lipinski definition) is 0. The van der Waals surface area contributed by atoms with Crippen LogP contribution in [0.3, 0.4) is 0 Å². The van der Waals surface area contributed by atoms with Gasteiger partial charge in [0, 0.05) is 11.6 Å². The molecular formula is C21H22N2O4S. The minimum Gasteiger partial charge on any atom is -0.486 e. The average Bonchev–Trinajstić information content (AvgIpc) is 3.16. The number of aromatic nitrogens is 1. The number of pyridine rings is 1. The van der Waals surface area contributed by atoms with Crippen LogP contribution in [0.5, 0.6) is 5.75 Å². The van der Waals surface area contributed by atoms with E-state index in [0.717, 1.165) is 5.39 Å². The lowest BCUT2D eigenvalue weighted by Crippen LogP contribution is -2.41. The predicted octanol–water partition coefficient (Wildman–Crippen LogP) is 2.78. The lowest BCUT2D eigenvalue weighted by atomic mass is 10.2. The number of fused-ring (bicyclic) bond motifs is 1. The molecule has 2 heterocycles. The first-order valence-corrected chi connectivity index (χ1v) is 10.5. The van der Waals surface area contributed by atoms with E-state index < -0.39 is 9.84 Å². The Morgan fingerprint density at radius 2 is 1.82 bits per heavy atom. The Morgan fingerprint density at radius 3 is 2.57 bits per heavy atom. The minimum atomic E-state index is -3.62. The summed E-state index contributed by atoms with van der Waals surface area (Å²) in [6.07, 6.45) is 1.33. The highest BCUT2D eigenvalue weighted by atomic mass is 32.2. The van der Waals surface area contributed by atoms with Crippen LogP contribution in [0.2, 0.25) is 0 Å². The van der Waals surface area contributed by atoms with Gasteiger partial charge >= 0.3 is 0 Å². The Labute approximate surface area is 164 Å². The monoisotopic (exact) mass is 398 g/mol. The van der Waals surface area contributed by atoms with Gasteiger partial charge in [-0.1, -0.05) is 18.2 Å². The van der Waals surface area contributed by atoms with Crippen molar-refractivity contribution >= 4 is 20.7 Å². The highest BCUT2D eigenvalue weighted by Crippen LogP contribution is 2.27. The topological polar surface area (TPSA) is 68.7 Å². The molecule has 2 aromatic carbocycles. The Morgan fingerprint density at radius 1 is 1.04 bits per heavy atom. The van der Waals surface area contributed by atoms with E-state index in [2.05, 4.69) is 9.88 Å². The zero-order chi connectivity index (χ0) is 19.7. The lowest BCUT2D eigenvalue weighted by Gasteiger charge is -2.25. The second kappa shape index (κ2) is 7.50. The van der Waals surface area contributed by atoms with Crippen LogP contribution < -0.4 is 4.74 Å². The summed E-state index contributed by atoms with van der Waals surface area (Å²) in [5, 5.41) is 0.717. The van der Waals surface area contributed by atoms with Crippen molar-refractivity contribution in [2.45, 2.75) is 21.9 Å². The van der Waals surface area contributed by atoms with Gasteiger partial charge in [0.1, 0.15) is 11.9 Å². The summed E-state index contributed by atoms with van der Waals surface area (Å²) in [5.41, 5.74) is 0.714. The Balaban J connectivity index is 1.66. The molecule has 0 aliphatic carbocycles. The van der Waals surface area contributed by atoms with Gasteiger partial charge in [0.15, 0.2) is 0 Å². The van der Waals surface area contributed by atoms with E-state index >= 15 is 0 Å². The third kappa shape index (κ3) is 3.61. The fraction of sp³-hybridized carbons (Fsp3) is 0.286. The number of hydrogen-bond acceptors (Lipinski definition) is 6. The number of benzene rings is 2. The zero-order valence-corrected chi connectivity index (χ0v) is 16.6. The van der Waals surface area contributed by atoms with Crippen molar-refractivity contribution in [3.63, 3.8) is 0 Å². The molecule has 6 nitrogen and oxygen atoms in total. The smallest absolute Gasteiger partial charge is 0.208 e. The van der Waals surface area contributed by atoms with Crippen molar-refractivity contribution in [2.24, 2.45) is 0 Å². The van der Waals surface area contributed by atoms with Gasteiger partial charge in [-0.15, -0.1) is 0 Å². The molecule has 1 aliphatic heterocycles. The van der Waals surface area contributed by atoms with Crippen molar-refractivity contribution in [1.29, 1.82) is 0 Å². The first kappa shape index (κ1) is 18.9. The van der Waals surface area contributed by atoms with Crippen LogP contribution in [0.25, 0.3) is 10.9 Å². The summed E-state index contributed by atoms with van der Waals surface area (Å²) in [5.74, 6) is 0.672. The largest absolute Gasteiger partial charge is 0.486 e. The molecule has 3 aromatic rings. The van der Waals surface area contributed by atoms with E-state index in [1.54, 1.807) is 36.4 Å². The van der Waals surface area contributed by atoms with Gasteiger partial charge in [0.25, 0.3) is 0 Å². The summed E-state index contributed by atoms with van der Waals surface area (Å²) in [4.78, 5) is 6.83. The first-order valence-electron chi connectivity index (χ1n) is 9.06. The fourth-order valence-electron chi connectivity index (χ4n) is 3.34. The van der Waals surface area contributed by atoms with Crippen molar-refractivity contribution in [2.75, 3.05) is 27.3 Å². The van der Waals surface area contributed by atoms with Gasteiger partial charge in [0.05, 0.1) is 34.6 Å². The number of ether oxygens (including phenoxy) is 2. The standard InChI is InChI=1S/C21H22N2O4S/c1-23(2)20-13-26-14-21(20)27-16-8-9-19-15(10-16)11-18(12-22-19)28(24,25)17-6-4-3-5-7-17/h3-12,20-21H,13-14H2,1-2H3. The van der Waals surface area contributed by atoms with E-state index in [-0.39, 0.29) is 21.9 Å². The van der Waals surface area contributed by atoms with Gasteiger partial charge in [0.2, 0.25) is 9.84 Å². The molecule has 0 N–H and O–H groups in total. The second-order valence-electron chi connectivity index (χ2n) is 7.07. The number of nitrogens with zero attached hydrogens (tertiary/aromatic N) is 2. The van der Waals surface area contributed by atoms with Crippen LogP contribution in [0.15, 0.2) is 70.6 Å². The number of likely N-dealkylation sites (N-methyl/N-ethyl adjacent to an activating group) is 1. The second-order valence-corrected chi connectivity index (χ2v) is 9.02. The molecular weight excluding hydrogens is 376 g/mol. The maximum absolute atomic E-state index is 12.9. The molecule has 146 valence electrons. The SMILES string of the molecule is CN(C)C1COCC1Oc1ccc2ncc(S(=O)(=O)c3ccccc3)cc2c1.